The van der Waals surface area contributed by atoms with Crippen molar-refractivity contribution >= 4 is 0 Å². The van der Waals surface area contributed by atoms with Gasteiger partial charge in [0, 0.05) is 5.56 Å². The van der Waals surface area contributed by atoms with Crippen LogP contribution in [0.1, 0.15) is 17.2 Å². The predicted octanol–water partition coefficient (Wildman–Crippen LogP) is 2.43. The van der Waals surface area contributed by atoms with Crippen LogP contribution in [0.25, 0.3) is 0 Å². The lowest BCUT2D eigenvalue weighted by atomic mass is 10.1. The molecule has 0 radical (unpaired) electrons. The van der Waals surface area contributed by atoms with Crippen LogP contribution in [-0.2, 0) is 0 Å². The monoisotopic (exact) mass is 190 g/mol. The van der Waals surface area contributed by atoms with Crippen molar-refractivity contribution in [2.45, 2.75) is 19.5 Å². The summed E-state index contributed by atoms with van der Waals surface area (Å²) in [6.45, 7) is 1.64. The first-order valence-corrected chi connectivity index (χ1v) is 3.74. The Kier molecular flexibility index (Phi) is 2.93. The topological polar surface area (TPSA) is 20.2 Å². The van der Waals surface area contributed by atoms with Gasteiger partial charge < -0.3 is 5.11 Å². The second-order valence-electron chi connectivity index (χ2n) is 2.80. The van der Waals surface area contributed by atoms with Crippen molar-refractivity contribution in [1.82, 2.24) is 0 Å². The molecular weight excluding hydrogens is 181 g/mol. The van der Waals surface area contributed by atoms with Gasteiger partial charge in [-0.15, -0.1) is 0 Å². The largest absolute Gasteiger partial charge is 0.382 e. The molecule has 0 aromatic heterocycles. The van der Waals surface area contributed by atoms with E-state index in [0.717, 1.165) is 6.07 Å². The molecule has 1 nitrogen and oxygen atoms in total. The maximum Gasteiger partial charge on any atom is 0.268 e. The number of alkyl halides is 2. The maximum absolute atomic E-state index is 12.9. The van der Waals surface area contributed by atoms with Gasteiger partial charge in [0.15, 0.2) is 0 Å². The number of rotatable bonds is 2. The zero-order chi connectivity index (χ0) is 10.0. The van der Waals surface area contributed by atoms with Crippen LogP contribution in [0.4, 0.5) is 13.2 Å². The molecule has 1 N–H and O–H groups in total. The second kappa shape index (κ2) is 3.79. The van der Waals surface area contributed by atoms with Crippen LogP contribution in [0, 0.1) is 12.7 Å². The minimum atomic E-state index is -2.96. The smallest absolute Gasteiger partial charge is 0.268 e. The van der Waals surface area contributed by atoms with Crippen LogP contribution in [0.5, 0.6) is 0 Å². The molecule has 0 fully saturated rings. The van der Waals surface area contributed by atoms with E-state index in [1.54, 1.807) is 6.92 Å². The normalized spacial score (nSPS) is 13.4. The van der Waals surface area contributed by atoms with E-state index >= 15 is 0 Å². The molecule has 1 unspecified atom stereocenters. The Labute approximate surface area is 73.8 Å². The Balaban J connectivity index is 3.05. The van der Waals surface area contributed by atoms with Crippen molar-refractivity contribution in [2.24, 2.45) is 0 Å². The summed E-state index contributed by atoms with van der Waals surface area (Å²) in [6, 6.07) is 3.74. The van der Waals surface area contributed by atoms with Gasteiger partial charge in [-0.1, -0.05) is 17.7 Å². The lowest BCUT2D eigenvalue weighted by molar-refractivity contribution is -0.00773. The number of hydrogen-bond donors (Lipinski definition) is 1. The molecule has 0 amide bonds. The van der Waals surface area contributed by atoms with Crippen LogP contribution >= 0.6 is 0 Å². The SMILES string of the molecule is Cc1ccc(F)c(C(O)C(F)F)c1. The van der Waals surface area contributed by atoms with E-state index in [1.165, 1.54) is 12.1 Å². The van der Waals surface area contributed by atoms with E-state index < -0.39 is 18.3 Å². The third kappa shape index (κ3) is 2.21. The highest BCUT2D eigenvalue weighted by molar-refractivity contribution is 5.26. The Hall–Kier alpha value is -1.03. The first-order chi connectivity index (χ1) is 6.02. The highest BCUT2D eigenvalue weighted by atomic mass is 19.3. The van der Waals surface area contributed by atoms with Crippen molar-refractivity contribution in [3.05, 3.63) is 35.1 Å². The fourth-order valence-corrected chi connectivity index (χ4v) is 1.03. The van der Waals surface area contributed by atoms with Crippen molar-refractivity contribution in [1.29, 1.82) is 0 Å². The summed E-state index contributed by atoms with van der Waals surface area (Å²) in [5.74, 6) is -0.807. The number of hydrogen-bond acceptors (Lipinski definition) is 1. The molecule has 0 saturated heterocycles. The molecule has 0 bridgehead atoms. The van der Waals surface area contributed by atoms with Gasteiger partial charge in [-0.25, -0.2) is 13.2 Å². The lowest BCUT2D eigenvalue weighted by Crippen LogP contribution is -2.10. The highest BCUT2D eigenvalue weighted by Crippen LogP contribution is 2.23. The lowest BCUT2D eigenvalue weighted by Gasteiger charge is -2.11. The van der Waals surface area contributed by atoms with Gasteiger partial charge in [0.1, 0.15) is 11.9 Å². The van der Waals surface area contributed by atoms with Gasteiger partial charge in [-0.05, 0) is 13.0 Å². The van der Waals surface area contributed by atoms with Crippen LogP contribution < -0.4 is 0 Å². The van der Waals surface area contributed by atoms with Gasteiger partial charge in [-0.2, -0.15) is 0 Å². The van der Waals surface area contributed by atoms with Gasteiger partial charge in [-0.3, -0.25) is 0 Å². The number of aryl methyl sites for hydroxylation is 1. The summed E-state index contributed by atoms with van der Waals surface area (Å²) in [6.07, 6.45) is -5.00. The molecule has 1 rings (SSSR count). The Morgan fingerprint density at radius 1 is 1.31 bits per heavy atom. The molecule has 0 heterocycles. The van der Waals surface area contributed by atoms with E-state index in [2.05, 4.69) is 0 Å². The molecule has 0 aliphatic heterocycles. The molecule has 0 spiro atoms. The molecule has 0 saturated carbocycles. The Morgan fingerprint density at radius 2 is 1.92 bits per heavy atom. The summed E-state index contributed by atoms with van der Waals surface area (Å²) >= 11 is 0. The Bertz CT molecular complexity index is 299. The average Bonchev–Trinajstić information content (AvgIpc) is 2.08. The van der Waals surface area contributed by atoms with E-state index in [-0.39, 0.29) is 5.56 Å². The third-order valence-corrected chi connectivity index (χ3v) is 1.71. The first-order valence-electron chi connectivity index (χ1n) is 3.74. The molecule has 1 atom stereocenters. The Morgan fingerprint density at radius 3 is 2.46 bits per heavy atom. The highest BCUT2D eigenvalue weighted by Gasteiger charge is 2.22. The average molecular weight is 190 g/mol. The van der Waals surface area contributed by atoms with Crippen LogP contribution in [0.15, 0.2) is 18.2 Å². The number of aliphatic hydroxyl groups is 1. The van der Waals surface area contributed by atoms with E-state index in [4.69, 9.17) is 5.11 Å². The van der Waals surface area contributed by atoms with Crippen LogP contribution in [0.3, 0.4) is 0 Å². The molecule has 1 aromatic carbocycles. The fourth-order valence-electron chi connectivity index (χ4n) is 1.03. The van der Waals surface area contributed by atoms with Gasteiger partial charge in [0.05, 0.1) is 0 Å². The standard InChI is InChI=1S/C9H9F3O/c1-5-2-3-7(10)6(4-5)8(13)9(11)12/h2-4,8-9,13H,1H3. The van der Waals surface area contributed by atoms with Gasteiger partial charge >= 0.3 is 0 Å². The van der Waals surface area contributed by atoms with Gasteiger partial charge in [0.25, 0.3) is 6.43 Å². The fraction of sp³-hybridized carbons (Fsp3) is 0.333. The summed E-state index contributed by atoms with van der Waals surface area (Å²) < 4.78 is 36.9. The number of benzene rings is 1. The molecular formula is C9H9F3O. The van der Waals surface area contributed by atoms with Crippen molar-refractivity contribution in [2.75, 3.05) is 0 Å². The number of aliphatic hydroxyl groups excluding tert-OH is 1. The van der Waals surface area contributed by atoms with Crippen LogP contribution in [0.2, 0.25) is 0 Å². The zero-order valence-corrected chi connectivity index (χ0v) is 6.97. The van der Waals surface area contributed by atoms with Crippen molar-refractivity contribution in [3.63, 3.8) is 0 Å². The number of halogens is 3. The predicted molar refractivity (Wildman–Crippen MR) is 42.1 cm³/mol. The molecule has 13 heavy (non-hydrogen) atoms. The summed E-state index contributed by atoms with van der Waals surface area (Å²) in [5, 5.41) is 8.91. The maximum atomic E-state index is 12.9. The van der Waals surface area contributed by atoms with E-state index in [0.29, 0.717) is 5.56 Å². The van der Waals surface area contributed by atoms with Crippen molar-refractivity contribution in [3.8, 4) is 0 Å². The van der Waals surface area contributed by atoms with E-state index in [1.807, 2.05) is 0 Å². The zero-order valence-electron chi connectivity index (χ0n) is 6.97. The molecule has 0 aliphatic rings. The molecule has 4 heteroatoms. The second-order valence-corrected chi connectivity index (χ2v) is 2.80. The minimum absolute atomic E-state index is 0.352. The molecule has 1 aromatic rings. The first kappa shape index (κ1) is 10.1. The summed E-state index contributed by atoms with van der Waals surface area (Å²) in [5.41, 5.74) is 0.283. The summed E-state index contributed by atoms with van der Waals surface area (Å²) in [7, 11) is 0. The minimum Gasteiger partial charge on any atom is -0.382 e. The third-order valence-electron chi connectivity index (χ3n) is 1.71. The van der Waals surface area contributed by atoms with Crippen LogP contribution in [-0.4, -0.2) is 11.5 Å². The molecule has 0 aliphatic carbocycles. The van der Waals surface area contributed by atoms with E-state index in [9.17, 15) is 13.2 Å². The van der Waals surface area contributed by atoms with Gasteiger partial charge in [0.2, 0.25) is 0 Å². The quantitative estimate of drug-likeness (QED) is 0.759. The molecule has 72 valence electrons. The van der Waals surface area contributed by atoms with Crippen molar-refractivity contribution < 1.29 is 18.3 Å². The summed E-state index contributed by atoms with van der Waals surface area (Å²) in [4.78, 5) is 0.